The van der Waals surface area contributed by atoms with Gasteiger partial charge in [0, 0.05) is 41.8 Å². The van der Waals surface area contributed by atoms with Crippen molar-refractivity contribution in [2.24, 2.45) is 5.73 Å². The lowest BCUT2D eigenvalue weighted by Crippen LogP contribution is -2.48. The number of nitro groups is 1. The lowest BCUT2D eigenvalue weighted by Gasteiger charge is -2.32. The fourth-order valence-electron chi connectivity index (χ4n) is 2.03. The summed E-state index contributed by atoms with van der Waals surface area (Å²) in [6.45, 7) is 1.61. The van der Waals surface area contributed by atoms with Crippen LogP contribution in [0.3, 0.4) is 0 Å². The Labute approximate surface area is 136 Å². The Hall–Kier alpha value is -1.22. The Morgan fingerprint density at radius 1 is 1.52 bits per heavy atom. The minimum atomic E-state index is -0.524. The number of rotatable bonds is 3. The van der Waals surface area contributed by atoms with Crippen LogP contribution in [0.5, 0.6) is 0 Å². The van der Waals surface area contributed by atoms with Crippen molar-refractivity contribution >= 4 is 39.9 Å². The number of carbonyl (C=O) groups excluding carboxylic acids is 1. The largest absolute Gasteiger partial charge is 0.373 e. The van der Waals surface area contributed by atoms with Gasteiger partial charge in [-0.3, -0.25) is 14.9 Å². The number of ether oxygens (including phenoxy) is 1. The number of nitrogens with two attached hydrogens (primary N) is 1. The van der Waals surface area contributed by atoms with E-state index in [-0.39, 0.29) is 35.7 Å². The molecule has 1 fully saturated rings. The van der Waals surface area contributed by atoms with Gasteiger partial charge in [0.25, 0.3) is 11.6 Å². The topological polar surface area (TPSA) is 98.7 Å². The maximum atomic E-state index is 12.4. The maximum Gasteiger partial charge on any atom is 0.271 e. The monoisotopic (exact) mass is 379 g/mol. The summed E-state index contributed by atoms with van der Waals surface area (Å²) in [6, 6.07) is 4.21. The molecule has 116 valence electrons. The lowest BCUT2D eigenvalue weighted by molar-refractivity contribution is -0.385. The van der Waals surface area contributed by atoms with Crippen LogP contribution < -0.4 is 5.73 Å². The molecule has 0 aromatic heterocycles. The van der Waals surface area contributed by atoms with Crippen molar-refractivity contribution in [2.45, 2.75) is 6.10 Å². The number of non-ortho nitro benzene ring substituents is 1. The van der Waals surface area contributed by atoms with E-state index in [1.165, 1.54) is 12.1 Å². The number of hydrogen-bond donors (Lipinski definition) is 1. The number of hydrogen-bond acceptors (Lipinski definition) is 5. The molecule has 21 heavy (non-hydrogen) atoms. The summed E-state index contributed by atoms with van der Waals surface area (Å²) in [5.41, 5.74) is 5.69. The first-order valence-corrected chi connectivity index (χ1v) is 6.86. The molecule has 0 spiro atoms. The average Bonchev–Trinajstić information content (AvgIpc) is 2.45. The fraction of sp³-hybridized carbons (Fsp3) is 0.417. The zero-order chi connectivity index (χ0) is 14.7. The summed E-state index contributed by atoms with van der Waals surface area (Å²) in [6.07, 6.45) is -0.185. The molecule has 9 heteroatoms. The van der Waals surface area contributed by atoms with Crippen molar-refractivity contribution in [1.82, 2.24) is 4.90 Å². The van der Waals surface area contributed by atoms with Gasteiger partial charge in [-0.1, -0.05) is 15.9 Å². The highest BCUT2D eigenvalue weighted by molar-refractivity contribution is 9.10. The van der Waals surface area contributed by atoms with Crippen LogP contribution in [-0.2, 0) is 4.74 Å². The smallest absolute Gasteiger partial charge is 0.271 e. The first kappa shape index (κ1) is 17.8. The zero-order valence-electron chi connectivity index (χ0n) is 11.0. The fourth-order valence-corrected chi connectivity index (χ4v) is 2.51. The molecule has 0 saturated carbocycles. The first-order valence-electron chi connectivity index (χ1n) is 6.07. The van der Waals surface area contributed by atoms with Crippen LogP contribution in [0.15, 0.2) is 22.7 Å². The summed E-state index contributed by atoms with van der Waals surface area (Å²) >= 11 is 3.18. The van der Waals surface area contributed by atoms with Gasteiger partial charge in [-0.25, -0.2) is 0 Å². The summed E-state index contributed by atoms with van der Waals surface area (Å²) in [7, 11) is 0. The van der Waals surface area contributed by atoms with E-state index in [1.807, 2.05) is 0 Å². The highest BCUT2D eigenvalue weighted by Crippen LogP contribution is 2.23. The number of nitro benzene ring substituents is 1. The third kappa shape index (κ3) is 4.37. The van der Waals surface area contributed by atoms with Crippen molar-refractivity contribution in [3.05, 3.63) is 38.3 Å². The molecule has 0 radical (unpaired) electrons. The van der Waals surface area contributed by atoms with Crippen LogP contribution in [0.25, 0.3) is 0 Å². The van der Waals surface area contributed by atoms with Crippen molar-refractivity contribution < 1.29 is 14.5 Å². The van der Waals surface area contributed by atoms with Crippen LogP contribution in [0, 0.1) is 10.1 Å². The van der Waals surface area contributed by atoms with Crippen molar-refractivity contribution in [2.75, 3.05) is 26.2 Å². The normalized spacial score (nSPS) is 18.0. The molecule has 0 bridgehead atoms. The Bertz CT molecular complexity index is 543. The third-order valence-corrected chi connectivity index (χ3v) is 3.49. The van der Waals surface area contributed by atoms with Crippen LogP contribution in [0.4, 0.5) is 5.69 Å². The van der Waals surface area contributed by atoms with Crippen molar-refractivity contribution in [1.29, 1.82) is 0 Å². The van der Waals surface area contributed by atoms with Crippen LogP contribution >= 0.6 is 28.3 Å². The van der Waals surface area contributed by atoms with Crippen LogP contribution in [-0.4, -0.2) is 48.1 Å². The van der Waals surface area contributed by atoms with E-state index in [0.717, 1.165) is 0 Å². The van der Waals surface area contributed by atoms with Crippen LogP contribution in [0.1, 0.15) is 10.4 Å². The Balaban J connectivity index is 0.00000220. The number of carbonyl (C=O) groups is 1. The van der Waals surface area contributed by atoms with Gasteiger partial charge in [0.15, 0.2) is 0 Å². The van der Waals surface area contributed by atoms with Crippen molar-refractivity contribution in [3.8, 4) is 0 Å². The molecular formula is C12H15BrClN3O4. The summed E-state index contributed by atoms with van der Waals surface area (Å²) in [5.74, 6) is -0.254. The number of amides is 1. The molecule has 1 amide bonds. The van der Waals surface area contributed by atoms with Gasteiger partial charge in [0.1, 0.15) is 0 Å². The van der Waals surface area contributed by atoms with E-state index in [1.54, 1.807) is 11.0 Å². The molecule has 7 nitrogen and oxygen atoms in total. The average molecular weight is 381 g/mol. The van der Waals surface area contributed by atoms with Gasteiger partial charge < -0.3 is 15.4 Å². The van der Waals surface area contributed by atoms with E-state index in [4.69, 9.17) is 10.5 Å². The Morgan fingerprint density at radius 2 is 2.24 bits per heavy atom. The molecule has 1 heterocycles. The molecule has 1 unspecified atom stereocenters. The van der Waals surface area contributed by atoms with E-state index in [2.05, 4.69) is 15.9 Å². The van der Waals surface area contributed by atoms with E-state index in [9.17, 15) is 14.9 Å². The molecule has 1 saturated heterocycles. The third-order valence-electron chi connectivity index (χ3n) is 3.03. The molecule has 0 aliphatic carbocycles. The zero-order valence-corrected chi connectivity index (χ0v) is 13.4. The van der Waals surface area contributed by atoms with Gasteiger partial charge >= 0.3 is 0 Å². The predicted molar refractivity (Wildman–Crippen MR) is 82.7 cm³/mol. The molecule has 2 rings (SSSR count). The van der Waals surface area contributed by atoms with Crippen LogP contribution in [0.2, 0.25) is 0 Å². The SMILES string of the molecule is Cl.NCC1CN(C(=O)c2cc(Br)cc([N+](=O)[O-])c2)CCO1. The second kappa shape index (κ2) is 7.69. The van der Waals surface area contributed by atoms with Gasteiger partial charge in [-0.05, 0) is 6.07 Å². The molecule has 1 aromatic rings. The molecular weight excluding hydrogens is 366 g/mol. The van der Waals surface area contributed by atoms with Gasteiger partial charge in [-0.2, -0.15) is 0 Å². The number of morpholine rings is 1. The van der Waals surface area contributed by atoms with Gasteiger partial charge in [-0.15, -0.1) is 12.4 Å². The van der Waals surface area contributed by atoms with Gasteiger partial charge in [0.2, 0.25) is 0 Å². The maximum absolute atomic E-state index is 12.4. The number of nitrogens with zero attached hydrogens (tertiary/aromatic N) is 2. The Morgan fingerprint density at radius 3 is 2.86 bits per heavy atom. The number of benzene rings is 1. The van der Waals surface area contributed by atoms with E-state index >= 15 is 0 Å². The van der Waals surface area contributed by atoms with E-state index < -0.39 is 4.92 Å². The lowest BCUT2D eigenvalue weighted by atomic mass is 10.1. The standard InChI is InChI=1S/C12H14BrN3O4.ClH/c13-9-3-8(4-10(5-9)16(18)19)12(17)15-1-2-20-11(6-14)7-15;/h3-5,11H,1-2,6-7,14H2;1H. The first-order chi connectivity index (χ1) is 9.51. The minimum Gasteiger partial charge on any atom is -0.373 e. The summed E-state index contributed by atoms with van der Waals surface area (Å²) in [4.78, 5) is 24.3. The molecule has 1 aromatic carbocycles. The molecule has 2 N–H and O–H groups in total. The summed E-state index contributed by atoms with van der Waals surface area (Å²) < 4.78 is 5.89. The highest BCUT2D eigenvalue weighted by atomic mass is 79.9. The van der Waals surface area contributed by atoms with Crippen molar-refractivity contribution in [3.63, 3.8) is 0 Å². The molecule has 1 aliphatic heterocycles. The Kier molecular flexibility index (Phi) is 6.53. The quantitative estimate of drug-likeness (QED) is 0.634. The second-order valence-corrected chi connectivity index (χ2v) is 5.35. The molecule has 1 atom stereocenters. The second-order valence-electron chi connectivity index (χ2n) is 4.43. The highest BCUT2D eigenvalue weighted by Gasteiger charge is 2.25. The van der Waals surface area contributed by atoms with E-state index in [0.29, 0.717) is 30.7 Å². The minimum absolute atomic E-state index is 0. The number of halogens is 2. The van der Waals surface area contributed by atoms with Gasteiger partial charge in [0.05, 0.1) is 17.6 Å². The molecule has 1 aliphatic rings. The summed E-state index contributed by atoms with van der Waals surface area (Å²) in [5, 5.41) is 10.8. The predicted octanol–water partition coefficient (Wildman–Crippen LogP) is 1.58.